The third kappa shape index (κ3) is 2.92. The summed E-state index contributed by atoms with van der Waals surface area (Å²) in [6.45, 7) is 0.722. The molecule has 1 aromatic heterocycles. The van der Waals surface area contributed by atoms with Crippen molar-refractivity contribution < 1.29 is 0 Å². The van der Waals surface area contributed by atoms with Crippen molar-refractivity contribution in [2.45, 2.75) is 10.9 Å². The normalized spacial score (nSPS) is 10.9. The predicted molar refractivity (Wildman–Crippen MR) is 90.2 cm³/mol. The average molecular weight is 321 g/mol. The summed E-state index contributed by atoms with van der Waals surface area (Å²) in [5.74, 6) is 0. The minimum absolute atomic E-state index is 0.722. The van der Waals surface area contributed by atoms with E-state index in [9.17, 15) is 0 Å². The van der Waals surface area contributed by atoms with Crippen LogP contribution in [0.15, 0.2) is 46.8 Å². The van der Waals surface area contributed by atoms with Crippen molar-refractivity contribution in [1.29, 1.82) is 0 Å². The van der Waals surface area contributed by atoms with Crippen LogP contribution in [-0.4, -0.2) is 11.2 Å². The molecule has 0 aliphatic carbocycles. The number of halogens is 1. The Morgan fingerprint density at radius 3 is 2.90 bits per heavy atom. The molecule has 102 valence electrons. The Kier molecular flexibility index (Phi) is 4.15. The number of thiazole rings is 1. The first-order valence-electron chi connectivity index (χ1n) is 6.18. The van der Waals surface area contributed by atoms with Crippen molar-refractivity contribution in [1.82, 2.24) is 4.98 Å². The van der Waals surface area contributed by atoms with Crippen LogP contribution < -0.4 is 5.32 Å². The molecule has 3 aromatic rings. The number of rotatable bonds is 4. The van der Waals surface area contributed by atoms with Gasteiger partial charge in [-0.25, -0.2) is 4.98 Å². The van der Waals surface area contributed by atoms with Gasteiger partial charge < -0.3 is 5.32 Å². The highest BCUT2D eigenvalue weighted by atomic mass is 35.5. The van der Waals surface area contributed by atoms with Crippen LogP contribution >= 0.6 is 34.7 Å². The second-order valence-electron chi connectivity index (χ2n) is 4.31. The molecule has 20 heavy (non-hydrogen) atoms. The van der Waals surface area contributed by atoms with Crippen molar-refractivity contribution in [3.63, 3.8) is 0 Å². The van der Waals surface area contributed by atoms with E-state index in [1.54, 1.807) is 23.1 Å². The number of hydrogen-bond acceptors (Lipinski definition) is 4. The van der Waals surface area contributed by atoms with Gasteiger partial charge in [0.2, 0.25) is 0 Å². The lowest BCUT2D eigenvalue weighted by atomic mass is 10.2. The highest BCUT2D eigenvalue weighted by Crippen LogP contribution is 2.30. The number of benzene rings is 2. The van der Waals surface area contributed by atoms with E-state index in [-0.39, 0.29) is 0 Å². The van der Waals surface area contributed by atoms with Crippen molar-refractivity contribution in [2.75, 3.05) is 11.6 Å². The standard InChI is InChI=1S/C15H13ClN2S2/c1-19-15-18-13-7-6-11(8-14(13)20-15)17-9-10-4-2-3-5-12(10)16/h2-8,17H,9H2,1H3. The van der Waals surface area contributed by atoms with E-state index < -0.39 is 0 Å². The van der Waals surface area contributed by atoms with Gasteiger partial charge in [-0.05, 0) is 36.1 Å². The van der Waals surface area contributed by atoms with Gasteiger partial charge >= 0.3 is 0 Å². The SMILES string of the molecule is CSc1nc2ccc(NCc3ccccc3Cl)cc2s1. The van der Waals surface area contributed by atoms with Crippen molar-refractivity contribution in [3.05, 3.63) is 53.1 Å². The highest BCUT2D eigenvalue weighted by molar-refractivity contribution is 8.00. The van der Waals surface area contributed by atoms with E-state index >= 15 is 0 Å². The van der Waals surface area contributed by atoms with Gasteiger partial charge in [0, 0.05) is 17.3 Å². The summed E-state index contributed by atoms with van der Waals surface area (Å²) in [6.07, 6.45) is 2.05. The van der Waals surface area contributed by atoms with Gasteiger partial charge in [-0.1, -0.05) is 41.6 Å². The summed E-state index contributed by atoms with van der Waals surface area (Å²) >= 11 is 9.56. The molecule has 0 radical (unpaired) electrons. The fourth-order valence-electron chi connectivity index (χ4n) is 1.94. The smallest absolute Gasteiger partial charge is 0.150 e. The molecule has 0 aliphatic rings. The Labute approximate surface area is 131 Å². The molecule has 0 aliphatic heterocycles. The summed E-state index contributed by atoms with van der Waals surface area (Å²) in [5, 5.41) is 4.20. The molecule has 0 saturated heterocycles. The minimum Gasteiger partial charge on any atom is -0.381 e. The molecule has 0 spiro atoms. The fourth-order valence-corrected chi connectivity index (χ4v) is 3.67. The van der Waals surface area contributed by atoms with Crippen molar-refractivity contribution in [2.24, 2.45) is 0 Å². The van der Waals surface area contributed by atoms with E-state index in [4.69, 9.17) is 11.6 Å². The predicted octanol–water partition coefficient (Wildman–Crippen LogP) is 5.28. The number of thioether (sulfide) groups is 1. The maximum absolute atomic E-state index is 6.16. The molecule has 0 unspecified atom stereocenters. The maximum Gasteiger partial charge on any atom is 0.150 e. The van der Waals surface area contributed by atoms with E-state index in [0.717, 1.165) is 32.7 Å². The lowest BCUT2D eigenvalue weighted by Crippen LogP contribution is -1.99. The number of hydrogen-bond donors (Lipinski definition) is 1. The third-order valence-corrected chi connectivity index (χ3v) is 5.36. The third-order valence-electron chi connectivity index (χ3n) is 2.98. The first-order chi connectivity index (χ1) is 9.76. The Balaban J connectivity index is 1.79. The summed E-state index contributed by atoms with van der Waals surface area (Å²) in [6, 6.07) is 14.1. The van der Waals surface area contributed by atoms with E-state index in [0.29, 0.717) is 0 Å². The molecule has 3 rings (SSSR count). The zero-order valence-corrected chi connectivity index (χ0v) is 13.3. The zero-order chi connectivity index (χ0) is 13.9. The maximum atomic E-state index is 6.16. The minimum atomic E-state index is 0.722. The molecule has 0 saturated carbocycles. The highest BCUT2D eigenvalue weighted by Gasteiger charge is 2.04. The molecule has 1 N–H and O–H groups in total. The second kappa shape index (κ2) is 6.04. The zero-order valence-electron chi connectivity index (χ0n) is 10.9. The van der Waals surface area contributed by atoms with Crippen LogP contribution in [0, 0.1) is 0 Å². The van der Waals surface area contributed by atoms with Crippen LogP contribution in [-0.2, 0) is 6.54 Å². The van der Waals surface area contributed by atoms with Gasteiger partial charge in [0.25, 0.3) is 0 Å². The summed E-state index contributed by atoms with van der Waals surface area (Å²) in [4.78, 5) is 4.54. The Bertz CT molecular complexity index is 740. The first-order valence-corrected chi connectivity index (χ1v) is 8.60. The van der Waals surface area contributed by atoms with Gasteiger partial charge in [-0.2, -0.15) is 0 Å². The van der Waals surface area contributed by atoms with E-state index in [2.05, 4.69) is 28.5 Å². The van der Waals surface area contributed by atoms with Gasteiger partial charge in [0.15, 0.2) is 4.34 Å². The monoisotopic (exact) mass is 320 g/mol. The quantitative estimate of drug-likeness (QED) is 0.662. The Morgan fingerprint density at radius 1 is 1.25 bits per heavy atom. The average Bonchev–Trinajstić information content (AvgIpc) is 2.88. The number of nitrogens with zero attached hydrogens (tertiary/aromatic N) is 1. The second-order valence-corrected chi connectivity index (χ2v) is 6.80. The summed E-state index contributed by atoms with van der Waals surface area (Å²) < 4.78 is 2.31. The summed E-state index contributed by atoms with van der Waals surface area (Å²) in [7, 11) is 0. The largest absolute Gasteiger partial charge is 0.381 e. The molecule has 2 nitrogen and oxygen atoms in total. The van der Waals surface area contributed by atoms with Crippen molar-refractivity contribution in [3.8, 4) is 0 Å². The molecular weight excluding hydrogens is 308 g/mol. The van der Waals surface area contributed by atoms with Gasteiger partial charge in [0.1, 0.15) is 0 Å². The van der Waals surface area contributed by atoms with E-state index in [1.807, 2.05) is 30.5 Å². The topological polar surface area (TPSA) is 24.9 Å². The van der Waals surface area contributed by atoms with Crippen LogP contribution in [0.25, 0.3) is 10.2 Å². The van der Waals surface area contributed by atoms with Crippen LogP contribution in [0.1, 0.15) is 5.56 Å². The Hall–Kier alpha value is -1.23. The number of aromatic nitrogens is 1. The fraction of sp³-hybridized carbons (Fsp3) is 0.133. The molecule has 0 atom stereocenters. The number of fused-ring (bicyclic) bond motifs is 1. The molecule has 0 fully saturated rings. The first kappa shape index (κ1) is 13.7. The van der Waals surface area contributed by atoms with Crippen LogP contribution in [0.2, 0.25) is 5.02 Å². The summed E-state index contributed by atoms with van der Waals surface area (Å²) in [5.41, 5.74) is 3.25. The van der Waals surface area contributed by atoms with E-state index in [1.165, 1.54) is 4.70 Å². The number of nitrogens with one attached hydrogen (secondary N) is 1. The Morgan fingerprint density at radius 2 is 2.10 bits per heavy atom. The lowest BCUT2D eigenvalue weighted by molar-refractivity contribution is 1.15. The van der Waals surface area contributed by atoms with Gasteiger partial charge in [-0.15, -0.1) is 11.3 Å². The van der Waals surface area contributed by atoms with Crippen LogP contribution in [0.4, 0.5) is 5.69 Å². The molecule has 2 aromatic carbocycles. The molecule has 0 bridgehead atoms. The number of anilines is 1. The molecular formula is C15H13ClN2S2. The van der Waals surface area contributed by atoms with Gasteiger partial charge in [-0.3, -0.25) is 0 Å². The van der Waals surface area contributed by atoms with Gasteiger partial charge in [0.05, 0.1) is 10.2 Å². The molecule has 5 heteroatoms. The van der Waals surface area contributed by atoms with Crippen LogP contribution in [0.5, 0.6) is 0 Å². The molecule has 0 amide bonds. The van der Waals surface area contributed by atoms with Crippen molar-refractivity contribution >= 4 is 50.6 Å². The molecule has 1 heterocycles. The van der Waals surface area contributed by atoms with Crippen LogP contribution in [0.3, 0.4) is 0 Å². The lowest BCUT2D eigenvalue weighted by Gasteiger charge is -2.07.